The smallest absolute Gasteiger partial charge is 0.0170 e. The first-order valence-corrected chi connectivity index (χ1v) is 8.49. The largest absolute Gasteiger partial charge is 0.316 e. The Bertz CT molecular complexity index is 332. The Balaban J connectivity index is 2.19. The Kier molecular flexibility index (Phi) is 9.75. The Morgan fingerprint density at radius 1 is 1.20 bits per heavy atom. The fourth-order valence-corrected chi connectivity index (χ4v) is 3.04. The zero-order valence-corrected chi connectivity index (χ0v) is 13.9. The normalized spacial score (nSPS) is 12.8. The molecular formula is C16H29N3S. The van der Waals surface area contributed by atoms with Crippen LogP contribution in [0.4, 0.5) is 0 Å². The van der Waals surface area contributed by atoms with Gasteiger partial charge in [-0.15, -0.1) is 11.8 Å². The van der Waals surface area contributed by atoms with Crippen LogP contribution in [0.2, 0.25) is 0 Å². The summed E-state index contributed by atoms with van der Waals surface area (Å²) >= 11 is 1.93. The van der Waals surface area contributed by atoms with E-state index in [0.29, 0.717) is 6.04 Å². The molecule has 0 saturated carbocycles. The number of benzene rings is 1. The number of hydrogen-bond donors (Lipinski definition) is 2. The molecule has 0 aliphatic carbocycles. The highest BCUT2D eigenvalue weighted by Gasteiger charge is 2.08. The van der Waals surface area contributed by atoms with Crippen LogP contribution >= 0.6 is 11.8 Å². The van der Waals surface area contributed by atoms with Crippen molar-refractivity contribution in [3.05, 3.63) is 30.3 Å². The molecule has 0 amide bonds. The molecule has 1 aromatic rings. The van der Waals surface area contributed by atoms with Gasteiger partial charge < -0.3 is 15.5 Å². The van der Waals surface area contributed by atoms with Crippen LogP contribution in [0.3, 0.4) is 0 Å². The summed E-state index contributed by atoms with van der Waals surface area (Å²) in [5.41, 5.74) is 0. The van der Waals surface area contributed by atoms with Gasteiger partial charge in [0.25, 0.3) is 0 Å². The second kappa shape index (κ2) is 11.1. The zero-order valence-electron chi connectivity index (χ0n) is 13.1. The van der Waals surface area contributed by atoms with Gasteiger partial charge in [0, 0.05) is 29.8 Å². The Morgan fingerprint density at radius 3 is 2.60 bits per heavy atom. The van der Waals surface area contributed by atoms with Gasteiger partial charge in [0.1, 0.15) is 0 Å². The molecule has 20 heavy (non-hydrogen) atoms. The SMILES string of the molecule is CCNCCN(C)CCC(CSc1ccccc1)NC. The van der Waals surface area contributed by atoms with Crippen molar-refractivity contribution in [2.75, 3.05) is 46.0 Å². The second-order valence-corrected chi connectivity index (χ2v) is 6.15. The van der Waals surface area contributed by atoms with Gasteiger partial charge in [-0.1, -0.05) is 25.1 Å². The molecule has 1 aromatic carbocycles. The standard InChI is InChI=1S/C16H29N3S/c1-4-18-11-13-19(3)12-10-15(17-2)14-20-16-8-6-5-7-9-16/h5-9,15,17-18H,4,10-14H2,1-3H3. The van der Waals surface area contributed by atoms with Crippen molar-refractivity contribution in [2.24, 2.45) is 0 Å². The highest BCUT2D eigenvalue weighted by atomic mass is 32.2. The molecule has 2 N–H and O–H groups in total. The summed E-state index contributed by atoms with van der Waals surface area (Å²) in [5, 5.41) is 6.80. The van der Waals surface area contributed by atoms with Crippen molar-refractivity contribution in [1.82, 2.24) is 15.5 Å². The van der Waals surface area contributed by atoms with Crippen molar-refractivity contribution in [3.63, 3.8) is 0 Å². The third kappa shape index (κ3) is 7.90. The van der Waals surface area contributed by atoms with Crippen molar-refractivity contribution >= 4 is 11.8 Å². The molecule has 0 spiro atoms. The zero-order chi connectivity index (χ0) is 14.6. The van der Waals surface area contributed by atoms with E-state index in [4.69, 9.17) is 0 Å². The van der Waals surface area contributed by atoms with E-state index < -0.39 is 0 Å². The molecule has 3 nitrogen and oxygen atoms in total. The van der Waals surface area contributed by atoms with Gasteiger partial charge in [-0.2, -0.15) is 0 Å². The van der Waals surface area contributed by atoms with Gasteiger partial charge in [0.15, 0.2) is 0 Å². The third-order valence-corrected chi connectivity index (χ3v) is 4.56. The van der Waals surface area contributed by atoms with E-state index in [1.54, 1.807) is 0 Å². The van der Waals surface area contributed by atoms with Gasteiger partial charge in [-0.25, -0.2) is 0 Å². The topological polar surface area (TPSA) is 27.3 Å². The molecule has 0 aliphatic heterocycles. The van der Waals surface area contributed by atoms with E-state index in [-0.39, 0.29) is 0 Å². The van der Waals surface area contributed by atoms with Crippen LogP contribution in [0.5, 0.6) is 0 Å². The van der Waals surface area contributed by atoms with Gasteiger partial charge in [0.2, 0.25) is 0 Å². The number of likely N-dealkylation sites (N-methyl/N-ethyl adjacent to an activating group) is 2. The minimum Gasteiger partial charge on any atom is -0.316 e. The van der Waals surface area contributed by atoms with Crippen LogP contribution in [0.15, 0.2) is 35.2 Å². The number of hydrogen-bond acceptors (Lipinski definition) is 4. The molecule has 1 atom stereocenters. The van der Waals surface area contributed by atoms with E-state index in [9.17, 15) is 0 Å². The fourth-order valence-electron chi connectivity index (χ4n) is 1.96. The number of nitrogens with one attached hydrogen (secondary N) is 2. The maximum atomic E-state index is 3.43. The van der Waals surface area contributed by atoms with E-state index in [1.165, 1.54) is 11.3 Å². The van der Waals surface area contributed by atoms with Crippen molar-refractivity contribution < 1.29 is 0 Å². The molecule has 0 heterocycles. The molecule has 1 rings (SSSR count). The average molecular weight is 295 g/mol. The lowest BCUT2D eigenvalue weighted by atomic mass is 10.2. The molecule has 0 radical (unpaired) electrons. The maximum Gasteiger partial charge on any atom is 0.0170 e. The maximum absolute atomic E-state index is 3.43. The van der Waals surface area contributed by atoms with Crippen molar-refractivity contribution in [2.45, 2.75) is 24.3 Å². The first-order valence-electron chi connectivity index (χ1n) is 7.50. The van der Waals surface area contributed by atoms with Gasteiger partial charge in [0.05, 0.1) is 0 Å². The van der Waals surface area contributed by atoms with Crippen LogP contribution in [0.1, 0.15) is 13.3 Å². The summed E-state index contributed by atoms with van der Waals surface area (Å²) in [6.07, 6.45) is 1.19. The van der Waals surface area contributed by atoms with Crippen LogP contribution in [0, 0.1) is 0 Å². The van der Waals surface area contributed by atoms with Crippen LogP contribution in [-0.2, 0) is 0 Å². The molecule has 0 fully saturated rings. The molecule has 0 bridgehead atoms. The summed E-state index contributed by atoms with van der Waals surface area (Å²) in [6.45, 7) is 6.55. The summed E-state index contributed by atoms with van der Waals surface area (Å²) in [7, 11) is 4.27. The van der Waals surface area contributed by atoms with Crippen LogP contribution < -0.4 is 10.6 Å². The van der Waals surface area contributed by atoms with Gasteiger partial charge in [-0.3, -0.25) is 0 Å². The van der Waals surface area contributed by atoms with Crippen LogP contribution in [0.25, 0.3) is 0 Å². The van der Waals surface area contributed by atoms with Gasteiger partial charge >= 0.3 is 0 Å². The van der Waals surface area contributed by atoms with E-state index in [0.717, 1.165) is 31.9 Å². The minimum atomic E-state index is 0.571. The quantitative estimate of drug-likeness (QED) is 0.484. The molecule has 114 valence electrons. The first-order chi connectivity index (χ1) is 9.76. The number of nitrogens with zero attached hydrogens (tertiary/aromatic N) is 1. The lowest BCUT2D eigenvalue weighted by molar-refractivity contribution is 0.314. The van der Waals surface area contributed by atoms with E-state index in [2.05, 4.69) is 66.9 Å². The van der Waals surface area contributed by atoms with Crippen molar-refractivity contribution in [1.29, 1.82) is 0 Å². The monoisotopic (exact) mass is 295 g/mol. The molecule has 0 saturated heterocycles. The highest BCUT2D eigenvalue weighted by Crippen LogP contribution is 2.18. The minimum absolute atomic E-state index is 0.571. The second-order valence-electron chi connectivity index (χ2n) is 5.06. The highest BCUT2D eigenvalue weighted by molar-refractivity contribution is 7.99. The average Bonchev–Trinajstić information content (AvgIpc) is 2.49. The third-order valence-electron chi connectivity index (χ3n) is 3.38. The summed E-state index contributed by atoms with van der Waals surface area (Å²) in [4.78, 5) is 3.76. The summed E-state index contributed by atoms with van der Waals surface area (Å²) in [5.74, 6) is 1.13. The van der Waals surface area contributed by atoms with E-state index >= 15 is 0 Å². The number of thioether (sulfide) groups is 1. The predicted molar refractivity (Wildman–Crippen MR) is 90.7 cm³/mol. The Labute approximate surface area is 128 Å². The lowest BCUT2D eigenvalue weighted by Crippen LogP contribution is -2.35. The fraction of sp³-hybridized carbons (Fsp3) is 0.625. The first kappa shape index (κ1) is 17.5. The van der Waals surface area contributed by atoms with Crippen molar-refractivity contribution in [3.8, 4) is 0 Å². The molecular weight excluding hydrogens is 266 g/mol. The van der Waals surface area contributed by atoms with E-state index in [1.807, 2.05) is 11.8 Å². The molecule has 0 aliphatic rings. The Morgan fingerprint density at radius 2 is 1.95 bits per heavy atom. The lowest BCUT2D eigenvalue weighted by Gasteiger charge is -2.21. The number of rotatable bonds is 11. The van der Waals surface area contributed by atoms with Gasteiger partial charge in [-0.05, 0) is 45.7 Å². The van der Waals surface area contributed by atoms with Crippen LogP contribution in [-0.4, -0.2) is 57.0 Å². The molecule has 1 unspecified atom stereocenters. The predicted octanol–water partition coefficient (Wildman–Crippen LogP) is 2.30. The molecule has 0 aromatic heterocycles. The molecule has 4 heteroatoms. The Hall–Kier alpha value is -0.550. The summed E-state index contributed by atoms with van der Waals surface area (Å²) < 4.78 is 0. The summed E-state index contributed by atoms with van der Waals surface area (Å²) in [6, 6.07) is 11.2.